The predicted molar refractivity (Wildman–Crippen MR) is 94.9 cm³/mol. The first-order chi connectivity index (χ1) is 11.3. The summed E-state index contributed by atoms with van der Waals surface area (Å²) in [5, 5.41) is 0.836. The van der Waals surface area contributed by atoms with E-state index in [1.54, 1.807) is 29.4 Å². The molecule has 0 bridgehead atoms. The molecule has 0 N–H and O–H groups in total. The van der Waals surface area contributed by atoms with Gasteiger partial charge in [0.2, 0.25) is 0 Å². The van der Waals surface area contributed by atoms with Crippen molar-refractivity contribution in [1.82, 2.24) is 4.57 Å². The standard InChI is InChI=1S/C17H18F3NOS2/c1-4-23-14-10-11(17(18,19)20)6-7-12(14)13-8-9-15(24-5-2)21(3)16(13)22/h6-10H,4-5H2,1-3H3. The van der Waals surface area contributed by atoms with Crippen LogP contribution in [0, 0.1) is 0 Å². The van der Waals surface area contributed by atoms with E-state index in [1.807, 2.05) is 19.9 Å². The number of alkyl halides is 3. The summed E-state index contributed by atoms with van der Waals surface area (Å²) >= 11 is 2.85. The van der Waals surface area contributed by atoms with E-state index in [0.717, 1.165) is 22.9 Å². The van der Waals surface area contributed by atoms with Crippen LogP contribution in [-0.4, -0.2) is 16.1 Å². The van der Waals surface area contributed by atoms with Gasteiger partial charge in [0, 0.05) is 23.1 Å². The zero-order valence-electron chi connectivity index (χ0n) is 13.6. The molecule has 7 heteroatoms. The SMILES string of the molecule is CCSc1cc(C(F)(F)F)ccc1-c1ccc(SCC)n(C)c1=O. The normalized spacial score (nSPS) is 11.8. The Hall–Kier alpha value is -1.34. The lowest BCUT2D eigenvalue weighted by Crippen LogP contribution is -2.20. The average molecular weight is 373 g/mol. The van der Waals surface area contributed by atoms with E-state index in [9.17, 15) is 18.0 Å². The molecule has 24 heavy (non-hydrogen) atoms. The zero-order valence-corrected chi connectivity index (χ0v) is 15.2. The third kappa shape index (κ3) is 4.00. The Labute approximate surface area is 147 Å². The van der Waals surface area contributed by atoms with Gasteiger partial charge < -0.3 is 4.57 Å². The first-order valence-electron chi connectivity index (χ1n) is 7.46. The molecule has 1 aromatic carbocycles. The van der Waals surface area contributed by atoms with E-state index in [0.29, 0.717) is 21.8 Å². The van der Waals surface area contributed by atoms with E-state index in [2.05, 4.69) is 0 Å². The second-order valence-electron chi connectivity index (χ2n) is 5.02. The van der Waals surface area contributed by atoms with Crippen molar-refractivity contribution >= 4 is 23.5 Å². The van der Waals surface area contributed by atoms with Gasteiger partial charge in [-0.05, 0) is 35.8 Å². The number of rotatable bonds is 5. The molecule has 0 atom stereocenters. The van der Waals surface area contributed by atoms with Gasteiger partial charge in [0.05, 0.1) is 10.6 Å². The fraction of sp³-hybridized carbons (Fsp3) is 0.353. The summed E-state index contributed by atoms with van der Waals surface area (Å²) < 4.78 is 40.4. The molecule has 0 saturated heterocycles. The second-order valence-corrected chi connectivity index (χ2v) is 7.61. The lowest BCUT2D eigenvalue weighted by Gasteiger charge is -2.14. The molecule has 0 aliphatic heterocycles. The Kier molecular flexibility index (Phi) is 6.09. The molecule has 1 heterocycles. The van der Waals surface area contributed by atoms with Crippen molar-refractivity contribution in [2.75, 3.05) is 11.5 Å². The van der Waals surface area contributed by atoms with Gasteiger partial charge in [-0.3, -0.25) is 4.79 Å². The monoisotopic (exact) mass is 373 g/mol. The Morgan fingerprint density at radius 1 is 1.00 bits per heavy atom. The maximum absolute atomic E-state index is 12.9. The number of hydrogen-bond donors (Lipinski definition) is 0. The van der Waals surface area contributed by atoms with Gasteiger partial charge in [-0.1, -0.05) is 19.9 Å². The molecule has 0 unspecified atom stereocenters. The number of nitrogens with zero attached hydrogens (tertiary/aromatic N) is 1. The highest BCUT2D eigenvalue weighted by Crippen LogP contribution is 2.37. The smallest absolute Gasteiger partial charge is 0.306 e. The van der Waals surface area contributed by atoms with Gasteiger partial charge in [-0.15, -0.1) is 23.5 Å². The molecule has 130 valence electrons. The van der Waals surface area contributed by atoms with Crippen LogP contribution in [-0.2, 0) is 13.2 Å². The number of pyridine rings is 1. The summed E-state index contributed by atoms with van der Waals surface area (Å²) in [7, 11) is 1.68. The van der Waals surface area contributed by atoms with Crippen molar-refractivity contribution in [2.45, 2.75) is 29.9 Å². The lowest BCUT2D eigenvalue weighted by molar-refractivity contribution is -0.137. The topological polar surface area (TPSA) is 22.0 Å². The molecule has 0 amide bonds. The summed E-state index contributed by atoms with van der Waals surface area (Å²) in [5.41, 5.74) is 0.0643. The second kappa shape index (κ2) is 7.70. The first-order valence-corrected chi connectivity index (χ1v) is 9.44. The third-order valence-electron chi connectivity index (χ3n) is 3.45. The molecule has 0 aliphatic carbocycles. The Morgan fingerprint density at radius 3 is 2.21 bits per heavy atom. The highest BCUT2D eigenvalue weighted by atomic mass is 32.2. The van der Waals surface area contributed by atoms with Crippen molar-refractivity contribution < 1.29 is 13.2 Å². The van der Waals surface area contributed by atoms with Crippen molar-refractivity contribution in [3.05, 3.63) is 46.2 Å². The van der Waals surface area contributed by atoms with Gasteiger partial charge in [0.15, 0.2) is 0 Å². The van der Waals surface area contributed by atoms with Gasteiger partial charge in [-0.2, -0.15) is 13.2 Å². The maximum Gasteiger partial charge on any atom is 0.416 e. The summed E-state index contributed by atoms with van der Waals surface area (Å²) in [6.07, 6.45) is -4.39. The minimum absolute atomic E-state index is 0.203. The van der Waals surface area contributed by atoms with Crippen LogP contribution in [0.5, 0.6) is 0 Å². The highest BCUT2D eigenvalue weighted by Gasteiger charge is 2.31. The average Bonchev–Trinajstić information content (AvgIpc) is 2.52. The summed E-state index contributed by atoms with van der Waals surface area (Å²) in [5.74, 6) is 1.46. The quantitative estimate of drug-likeness (QED) is 0.665. The lowest BCUT2D eigenvalue weighted by atomic mass is 10.0. The molecule has 2 rings (SSSR count). The van der Waals surface area contributed by atoms with Crippen LogP contribution < -0.4 is 5.56 Å². The summed E-state index contributed by atoms with van der Waals surface area (Å²) in [4.78, 5) is 13.1. The Morgan fingerprint density at radius 2 is 1.62 bits per heavy atom. The fourth-order valence-corrected chi connectivity index (χ4v) is 3.90. The molecule has 0 aliphatic rings. The van der Waals surface area contributed by atoms with Crippen molar-refractivity contribution in [3.8, 4) is 11.1 Å². The Bertz CT molecular complexity index is 784. The summed E-state index contributed by atoms with van der Waals surface area (Å²) in [6, 6.07) is 7.08. The van der Waals surface area contributed by atoms with Crippen molar-refractivity contribution in [2.24, 2.45) is 7.05 Å². The van der Waals surface area contributed by atoms with Crippen LogP contribution in [0.4, 0.5) is 13.2 Å². The predicted octanol–water partition coefficient (Wildman–Crippen LogP) is 5.30. The molecular formula is C17H18F3NOS2. The fourth-order valence-electron chi connectivity index (χ4n) is 2.31. The molecule has 2 aromatic rings. The van der Waals surface area contributed by atoms with Gasteiger partial charge in [0.25, 0.3) is 5.56 Å². The van der Waals surface area contributed by atoms with E-state index >= 15 is 0 Å². The number of hydrogen-bond acceptors (Lipinski definition) is 3. The molecule has 1 aromatic heterocycles. The van der Waals surface area contributed by atoms with Crippen LogP contribution in [0.2, 0.25) is 0 Å². The van der Waals surface area contributed by atoms with E-state index < -0.39 is 11.7 Å². The van der Waals surface area contributed by atoms with Crippen LogP contribution in [0.25, 0.3) is 11.1 Å². The van der Waals surface area contributed by atoms with Crippen LogP contribution in [0.3, 0.4) is 0 Å². The van der Waals surface area contributed by atoms with Crippen LogP contribution in [0.1, 0.15) is 19.4 Å². The van der Waals surface area contributed by atoms with Gasteiger partial charge >= 0.3 is 6.18 Å². The van der Waals surface area contributed by atoms with Crippen LogP contribution >= 0.6 is 23.5 Å². The molecule has 0 saturated carbocycles. The minimum atomic E-state index is -4.39. The maximum atomic E-state index is 12.9. The number of thioether (sulfide) groups is 2. The Balaban J connectivity index is 2.60. The third-order valence-corrected chi connectivity index (χ3v) is 5.38. The van der Waals surface area contributed by atoms with Crippen molar-refractivity contribution in [3.63, 3.8) is 0 Å². The molecular weight excluding hydrogens is 355 g/mol. The van der Waals surface area contributed by atoms with E-state index in [4.69, 9.17) is 0 Å². The first kappa shape index (κ1) is 19.0. The molecule has 2 nitrogen and oxygen atoms in total. The number of aromatic nitrogens is 1. The van der Waals surface area contributed by atoms with Gasteiger partial charge in [0.1, 0.15) is 0 Å². The molecule has 0 fully saturated rings. The number of benzene rings is 1. The molecule has 0 radical (unpaired) electrons. The highest BCUT2D eigenvalue weighted by molar-refractivity contribution is 7.99. The zero-order chi connectivity index (χ0) is 17.9. The van der Waals surface area contributed by atoms with E-state index in [-0.39, 0.29) is 5.56 Å². The summed E-state index contributed by atoms with van der Waals surface area (Å²) in [6.45, 7) is 3.86. The minimum Gasteiger partial charge on any atom is -0.306 e. The molecule has 0 spiro atoms. The van der Waals surface area contributed by atoms with E-state index in [1.165, 1.54) is 17.8 Å². The van der Waals surface area contributed by atoms with Crippen LogP contribution in [0.15, 0.2) is 45.0 Å². The van der Waals surface area contributed by atoms with Crippen molar-refractivity contribution in [1.29, 1.82) is 0 Å². The number of halogens is 3. The van der Waals surface area contributed by atoms with Gasteiger partial charge in [-0.25, -0.2) is 0 Å². The largest absolute Gasteiger partial charge is 0.416 e.